The van der Waals surface area contributed by atoms with E-state index in [1.54, 1.807) is 37.5 Å². The van der Waals surface area contributed by atoms with Crippen LogP contribution in [0.15, 0.2) is 83.5 Å². The Morgan fingerprint density at radius 1 is 0.714 bits per heavy atom. The molecule has 1 N–H and O–H groups in total. The molecule has 0 fully saturated rings. The van der Waals surface area contributed by atoms with Gasteiger partial charge in [0.05, 0.1) is 20.6 Å². The molecule has 0 aliphatic carbocycles. The van der Waals surface area contributed by atoms with Gasteiger partial charge in [-0.3, -0.25) is 9.59 Å². The van der Waals surface area contributed by atoms with E-state index in [1.165, 1.54) is 42.0 Å². The van der Waals surface area contributed by atoms with Crippen molar-refractivity contribution in [1.29, 1.82) is 0 Å². The van der Waals surface area contributed by atoms with Crippen LogP contribution in [0.1, 0.15) is 70.9 Å². The number of benzene rings is 2. The predicted molar refractivity (Wildman–Crippen MR) is 171 cm³/mol. The Morgan fingerprint density at radius 2 is 1.26 bits per heavy atom. The fraction of sp³-hybridized carbons (Fsp3) is 0.333. The molecule has 0 aromatic heterocycles. The minimum atomic E-state index is -0.327. The first kappa shape index (κ1) is 33.9. The highest BCUT2D eigenvalue weighted by Gasteiger charge is 2.07. The van der Waals surface area contributed by atoms with Gasteiger partial charge in [0.2, 0.25) is 0 Å². The second-order valence-electron chi connectivity index (χ2n) is 10.4. The van der Waals surface area contributed by atoms with Crippen molar-refractivity contribution in [2.24, 2.45) is 0 Å². The maximum atomic E-state index is 12.3. The molecule has 0 spiro atoms. The Bertz CT molecular complexity index is 1350. The lowest BCUT2D eigenvalue weighted by Crippen LogP contribution is -2.02. The molecule has 0 saturated heterocycles. The number of aromatic hydroxyl groups is 1. The molecule has 0 amide bonds. The number of methoxy groups -OCH3 is 2. The van der Waals surface area contributed by atoms with E-state index in [0.717, 1.165) is 31.2 Å². The van der Waals surface area contributed by atoms with Crippen LogP contribution < -0.4 is 14.2 Å². The highest BCUT2D eigenvalue weighted by molar-refractivity contribution is 6.10. The van der Waals surface area contributed by atoms with Crippen LogP contribution in [0.5, 0.6) is 23.0 Å². The third kappa shape index (κ3) is 12.9. The Kier molecular flexibility index (Phi) is 14.7. The molecule has 2 rings (SSSR count). The normalized spacial score (nSPS) is 12.0. The van der Waals surface area contributed by atoms with E-state index in [4.69, 9.17) is 14.2 Å². The fourth-order valence-corrected chi connectivity index (χ4v) is 3.99. The smallest absolute Gasteiger partial charge is 0.163 e. The monoisotopic (exact) mass is 572 g/mol. The van der Waals surface area contributed by atoms with Crippen molar-refractivity contribution in [3.05, 3.63) is 94.6 Å². The lowest BCUT2D eigenvalue weighted by atomic mass is 10.1. The van der Waals surface area contributed by atoms with Gasteiger partial charge in [0.1, 0.15) is 6.61 Å². The van der Waals surface area contributed by atoms with Gasteiger partial charge in [-0.05, 0) is 107 Å². The van der Waals surface area contributed by atoms with Gasteiger partial charge < -0.3 is 19.3 Å². The first-order valence-electron chi connectivity index (χ1n) is 14.2. The van der Waals surface area contributed by atoms with E-state index >= 15 is 0 Å². The molecular weight excluding hydrogens is 528 g/mol. The highest BCUT2D eigenvalue weighted by atomic mass is 16.5. The van der Waals surface area contributed by atoms with E-state index in [2.05, 4.69) is 45.9 Å². The largest absolute Gasteiger partial charge is 0.504 e. The number of phenols is 1. The van der Waals surface area contributed by atoms with Crippen LogP contribution >= 0.6 is 0 Å². The van der Waals surface area contributed by atoms with Crippen molar-refractivity contribution >= 4 is 23.7 Å². The summed E-state index contributed by atoms with van der Waals surface area (Å²) in [5, 5.41) is 9.67. The lowest BCUT2D eigenvalue weighted by Gasteiger charge is -2.10. The zero-order chi connectivity index (χ0) is 30.9. The number of carbonyl (C=O) groups excluding carboxylic acids is 2. The Morgan fingerprint density at radius 3 is 1.86 bits per heavy atom. The summed E-state index contributed by atoms with van der Waals surface area (Å²) >= 11 is 0. The molecule has 2 aromatic carbocycles. The molecule has 6 nitrogen and oxygen atoms in total. The number of ether oxygens (including phenoxy) is 3. The average Bonchev–Trinajstić information content (AvgIpc) is 2.95. The topological polar surface area (TPSA) is 82.1 Å². The average molecular weight is 573 g/mol. The summed E-state index contributed by atoms with van der Waals surface area (Å²) < 4.78 is 16.5. The summed E-state index contributed by atoms with van der Waals surface area (Å²) in [4.78, 5) is 24.6. The molecule has 0 saturated carbocycles. The van der Waals surface area contributed by atoms with Gasteiger partial charge in [0.25, 0.3) is 0 Å². The number of allylic oxidation sites excluding steroid dienone is 7. The molecular formula is C36H44O6. The second-order valence-corrected chi connectivity index (χ2v) is 10.4. The molecule has 6 heteroatoms. The number of ketones is 2. The molecule has 42 heavy (non-hydrogen) atoms. The first-order valence-corrected chi connectivity index (χ1v) is 14.2. The van der Waals surface area contributed by atoms with E-state index in [9.17, 15) is 14.7 Å². The Labute approximate surface area is 250 Å². The molecule has 0 unspecified atom stereocenters. The van der Waals surface area contributed by atoms with Crippen LogP contribution in [-0.4, -0.2) is 37.5 Å². The number of carbonyl (C=O) groups is 2. The SMILES string of the molecule is COc1cc(/C=C/C(=O)CC(=O)/C=C/c2ccc(OC/C=C(\C)CC/C=C(\C)CCC=C(C)C)c(OC)c2)ccc1O. The third-order valence-electron chi connectivity index (χ3n) is 6.46. The van der Waals surface area contributed by atoms with E-state index in [0.29, 0.717) is 29.4 Å². The fourth-order valence-electron chi connectivity index (χ4n) is 3.99. The lowest BCUT2D eigenvalue weighted by molar-refractivity contribution is -0.121. The van der Waals surface area contributed by atoms with Gasteiger partial charge >= 0.3 is 0 Å². The van der Waals surface area contributed by atoms with Crippen LogP contribution in [0, 0.1) is 0 Å². The van der Waals surface area contributed by atoms with Crippen LogP contribution in [0.3, 0.4) is 0 Å². The first-order chi connectivity index (χ1) is 20.1. The number of rotatable bonds is 17. The summed E-state index contributed by atoms with van der Waals surface area (Å²) in [7, 11) is 3.02. The molecule has 0 aliphatic heterocycles. The molecule has 0 radical (unpaired) electrons. The van der Waals surface area contributed by atoms with Gasteiger partial charge in [-0.25, -0.2) is 0 Å². The third-order valence-corrected chi connectivity index (χ3v) is 6.46. The van der Waals surface area contributed by atoms with Gasteiger partial charge in [-0.15, -0.1) is 0 Å². The molecule has 0 bridgehead atoms. The summed E-state index contributed by atoms with van der Waals surface area (Å²) in [6.07, 6.45) is 16.6. The summed E-state index contributed by atoms with van der Waals surface area (Å²) in [6, 6.07) is 10.2. The Hall–Kier alpha value is -4.32. The number of phenolic OH excluding ortho intramolecular Hbond substituents is 1. The van der Waals surface area contributed by atoms with Gasteiger partial charge in [0.15, 0.2) is 34.6 Å². The molecule has 0 aliphatic rings. The molecule has 0 heterocycles. The number of hydrogen-bond donors (Lipinski definition) is 1. The van der Waals surface area contributed by atoms with Crippen LogP contribution in [-0.2, 0) is 9.59 Å². The minimum absolute atomic E-state index is 0.0138. The van der Waals surface area contributed by atoms with Gasteiger partial charge in [0, 0.05) is 0 Å². The van der Waals surface area contributed by atoms with E-state index in [-0.39, 0.29) is 23.7 Å². The second kappa shape index (κ2) is 18.2. The molecule has 0 atom stereocenters. The minimum Gasteiger partial charge on any atom is -0.504 e. The van der Waals surface area contributed by atoms with Crippen molar-refractivity contribution in [3.63, 3.8) is 0 Å². The molecule has 224 valence electrons. The maximum Gasteiger partial charge on any atom is 0.163 e. The van der Waals surface area contributed by atoms with Crippen molar-refractivity contribution < 1.29 is 28.9 Å². The quantitative estimate of drug-likeness (QED) is 0.116. The standard InChI is InChI=1S/C36H44O6/c1-26(2)9-7-10-27(3)11-8-12-28(4)21-22-42-34-20-16-30(24-36(34)41-6)14-18-32(38)25-31(37)17-13-29-15-19-33(39)35(23-29)40-5/h9,11,13-21,23-24,39H,7-8,10,12,22,25H2,1-6H3/b17-13+,18-14+,27-11+,28-21+. The van der Waals surface area contributed by atoms with Crippen molar-refractivity contribution in [2.45, 2.75) is 59.8 Å². The van der Waals surface area contributed by atoms with Crippen LogP contribution in [0.2, 0.25) is 0 Å². The van der Waals surface area contributed by atoms with Gasteiger partial charge in [-0.2, -0.15) is 0 Å². The summed E-state index contributed by atoms with van der Waals surface area (Å²) in [5.41, 5.74) is 5.49. The van der Waals surface area contributed by atoms with E-state index < -0.39 is 0 Å². The summed E-state index contributed by atoms with van der Waals surface area (Å²) in [6.45, 7) is 9.00. The number of hydrogen-bond acceptors (Lipinski definition) is 6. The molecule has 2 aromatic rings. The van der Waals surface area contributed by atoms with E-state index in [1.807, 2.05) is 12.1 Å². The van der Waals surface area contributed by atoms with Crippen molar-refractivity contribution in [2.75, 3.05) is 20.8 Å². The predicted octanol–water partition coefficient (Wildman–Crippen LogP) is 8.46. The maximum absolute atomic E-state index is 12.3. The van der Waals surface area contributed by atoms with Crippen LogP contribution in [0.4, 0.5) is 0 Å². The van der Waals surface area contributed by atoms with Crippen molar-refractivity contribution in [3.8, 4) is 23.0 Å². The highest BCUT2D eigenvalue weighted by Crippen LogP contribution is 2.29. The zero-order valence-corrected chi connectivity index (χ0v) is 25.7. The van der Waals surface area contributed by atoms with Crippen LogP contribution in [0.25, 0.3) is 12.2 Å². The van der Waals surface area contributed by atoms with Crippen molar-refractivity contribution in [1.82, 2.24) is 0 Å². The van der Waals surface area contributed by atoms with Gasteiger partial charge in [-0.1, -0.05) is 53.2 Å². The summed E-state index contributed by atoms with van der Waals surface area (Å²) in [5.74, 6) is 0.861. The zero-order valence-electron chi connectivity index (χ0n) is 25.7. The Balaban J connectivity index is 1.85.